The van der Waals surface area contributed by atoms with Gasteiger partial charge in [-0.2, -0.15) is 5.10 Å². The van der Waals surface area contributed by atoms with Crippen molar-refractivity contribution in [3.05, 3.63) is 53.9 Å². The number of benzene rings is 1. The molecular formula is C27H31F2N7O3. The van der Waals surface area contributed by atoms with Gasteiger partial charge in [0.1, 0.15) is 28.7 Å². The molecule has 3 amide bonds. The number of ether oxygens (including phenoxy) is 1. The van der Waals surface area contributed by atoms with Gasteiger partial charge in [0.05, 0.1) is 11.7 Å². The fraction of sp³-hybridized carbons (Fsp3) is 0.481. The van der Waals surface area contributed by atoms with Gasteiger partial charge in [-0.05, 0) is 63.8 Å². The van der Waals surface area contributed by atoms with Crippen molar-refractivity contribution >= 4 is 29.3 Å². The summed E-state index contributed by atoms with van der Waals surface area (Å²) >= 11 is 0. The summed E-state index contributed by atoms with van der Waals surface area (Å²) in [5.41, 5.74) is 0.0522. The molecule has 6 rings (SSSR count). The van der Waals surface area contributed by atoms with E-state index < -0.39 is 28.9 Å². The van der Waals surface area contributed by atoms with Gasteiger partial charge in [-0.1, -0.05) is 0 Å². The smallest absolute Gasteiger partial charge is 0.410 e. The van der Waals surface area contributed by atoms with E-state index >= 15 is 0 Å². The zero-order valence-electron chi connectivity index (χ0n) is 22.2. The zero-order valence-corrected chi connectivity index (χ0v) is 22.2. The largest absolute Gasteiger partial charge is 0.444 e. The third kappa shape index (κ3) is 4.51. The van der Waals surface area contributed by atoms with Gasteiger partial charge in [-0.3, -0.25) is 0 Å². The van der Waals surface area contributed by atoms with Crippen molar-refractivity contribution in [3.8, 4) is 0 Å². The first kappa shape index (κ1) is 25.3. The summed E-state index contributed by atoms with van der Waals surface area (Å²) in [6, 6.07) is 5.10. The second-order valence-electron chi connectivity index (χ2n) is 11.4. The van der Waals surface area contributed by atoms with Crippen LogP contribution in [0.4, 0.5) is 29.9 Å². The maximum Gasteiger partial charge on any atom is 0.410 e. The first-order valence-corrected chi connectivity index (χ1v) is 13.2. The van der Waals surface area contributed by atoms with Crippen LogP contribution in [-0.2, 0) is 10.3 Å². The van der Waals surface area contributed by atoms with Crippen LogP contribution in [0, 0.1) is 17.6 Å². The number of carbonyl (C=O) groups excluding carboxylic acids is 2. The number of piperazine rings is 1. The lowest BCUT2D eigenvalue weighted by Gasteiger charge is -2.35. The van der Waals surface area contributed by atoms with Gasteiger partial charge in [-0.15, -0.1) is 0 Å². The number of anilines is 2. The number of amides is 3. The van der Waals surface area contributed by atoms with E-state index in [2.05, 4.69) is 10.4 Å². The Balaban J connectivity index is 1.18. The highest BCUT2D eigenvalue weighted by Gasteiger charge is 2.64. The number of halogens is 2. The molecule has 0 radical (unpaired) electrons. The van der Waals surface area contributed by atoms with E-state index in [0.717, 1.165) is 18.9 Å². The quantitative estimate of drug-likeness (QED) is 0.536. The molecule has 2 aromatic heterocycles. The van der Waals surface area contributed by atoms with E-state index in [1.54, 1.807) is 26.6 Å². The molecule has 2 aliphatic heterocycles. The van der Waals surface area contributed by atoms with Gasteiger partial charge < -0.3 is 24.8 Å². The second kappa shape index (κ2) is 9.06. The normalized spacial score (nSPS) is 22.7. The SMILES string of the molecule is CC(C)(C)OC(=O)N1CCN(C(=O)Nc2cnn3ccc(N4CC[C@H]5C[C@]54c4cc(F)ccc4F)nc23)CC1. The van der Waals surface area contributed by atoms with Crippen LogP contribution in [0.3, 0.4) is 0 Å². The highest BCUT2D eigenvalue weighted by molar-refractivity contribution is 5.93. The first-order chi connectivity index (χ1) is 18.5. The van der Waals surface area contributed by atoms with Crippen molar-refractivity contribution in [2.24, 2.45) is 5.92 Å². The van der Waals surface area contributed by atoms with Crippen molar-refractivity contribution in [2.45, 2.75) is 44.8 Å². The van der Waals surface area contributed by atoms with E-state index in [4.69, 9.17) is 9.72 Å². The average Bonchev–Trinajstić information content (AvgIpc) is 3.29. The summed E-state index contributed by atoms with van der Waals surface area (Å²) in [6.45, 7) is 7.58. The highest BCUT2D eigenvalue weighted by Crippen LogP contribution is 2.63. The van der Waals surface area contributed by atoms with Gasteiger partial charge in [0, 0.05) is 44.5 Å². The van der Waals surface area contributed by atoms with Crippen LogP contribution in [0.25, 0.3) is 5.65 Å². The number of piperidine rings is 1. The van der Waals surface area contributed by atoms with Crippen LogP contribution in [0.5, 0.6) is 0 Å². The maximum absolute atomic E-state index is 14.8. The highest BCUT2D eigenvalue weighted by atomic mass is 19.1. The molecule has 206 valence electrons. The standard InChI is InChI=1S/C27H31F2N7O3/c1-26(2,3)39-25(38)34-12-10-33(11-13-34)24(37)31-21-16-30-36-9-7-22(32-23(21)36)35-8-6-17-15-27(17,35)19-14-18(28)4-5-20(19)29/h4-5,7,9,14,16-17H,6,8,10-13,15H2,1-3H3,(H,31,37)/t17-,27+/m0/s1. The third-order valence-electron chi connectivity index (χ3n) is 7.74. The van der Waals surface area contributed by atoms with Crippen molar-refractivity contribution in [1.29, 1.82) is 0 Å². The lowest BCUT2D eigenvalue weighted by Crippen LogP contribution is -2.52. The minimum atomic E-state index is -0.616. The lowest BCUT2D eigenvalue weighted by molar-refractivity contribution is 0.0174. The molecule has 3 aliphatic rings. The summed E-state index contributed by atoms with van der Waals surface area (Å²) in [5.74, 6) is -0.0336. The van der Waals surface area contributed by atoms with Crippen molar-refractivity contribution in [2.75, 3.05) is 42.9 Å². The number of aromatic nitrogens is 3. The number of nitrogens with one attached hydrogen (secondary N) is 1. The molecule has 1 N–H and O–H groups in total. The maximum atomic E-state index is 14.8. The molecule has 1 saturated carbocycles. The topological polar surface area (TPSA) is 95.3 Å². The van der Waals surface area contributed by atoms with Gasteiger partial charge in [0.2, 0.25) is 0 Å². The minimum Gasteiger partial charge on any atom is -0.444 e. The molecule has 0 unspecified atom stereocenters. The van der Waals surface area contributed by atoms with Crippen LogP contribution < -0.4 is 10.2 Å². The molecule has 3 fully saturated rings. The van der Waals surface area contributed by atoms with Gasteiger partial charge >= 0.3 is 12.1 Å². The zero-order chi connectivity index (χ0) is 27.5. The van der Waals surface area contributed by atoms with Crippen LogP contribution in [0.2, 0.25) is 0 Å². The van der Waals surface area contributed by atoms with E-state index in [1.807, 2.05) is 25.7 Å². The molecule has 10 nitrogen and oxygen atoms in total. The Labute approximate surface area is 224 Å². The van der Waals surface area contributed by atoms with E-state index in [0.29, 0.717) is 55.4 Å². The second-order valence-corrected chi connectivity index (χ2v) is 11.4. The van der Waals surface area contributed by atoms with Crippen molar-refractivity contribution in [3.63, 3.8) is 0 Å². The number of carbonyl (C=O) groups is 2. The molecule has 1 aliphatic carbocycles. The summed E-state index contributed by atoms with van der Waals surface area (Å²) < 4.78 is 35.8. The molecule has 12 heteroatoms. The number of hydrogen-bond donors (Lipinski definition) is 1. The monoisotopic (exact) mass is 539 g/mol. The fourth-order valence-electron chi connectivity index (χ4n) is 5.81. The fourth-order valence-corrected chi connectivity index (χ4v) is 5.81. The molecule has 2 saturated heterocycles. The number of urea groups is 1. The Morgan fingerprint density at radius 2 is 1.82 bits per heavy atom. The number of fused-ring (bicyclic) bond motifs is 2. The lowest BCUT2D eigenvalue weighted by atomic mass is 10.0. The molecule has 2 atom stereocenters. The molecule has 4 heterocycles. The first-order valence-electron chi connectivity index (χ1n) is 13.2. The van der Waals surface area contributed by atoms with E-state index in [1.165, 1.54) is 18.3 Å². The average molecular weight is 540 g/mol. The number of hydrogen-bond acceptors (Lipinski definition) is 6. The van der Waals surface area contributed by atoms with Crippen LogP contribution in [0.15, 0.2) is 36.7 Å². The van der Waals surface area contributed by atoms with E-state index in [9.17, 15) is 18.4 Å². The minimum absolute atomic E-state index is 0.232. The molecule has 0 spiro atoms. The Morgan fingerprint density at radius 1 is 1.08 bits per heavy atom. The number of nitrogens with zero attached hydrogens (tertiary/aromatic N) is 6. The summed E-state index contributed by atoms with van der Waals surface area (Å²) in [4.78, 5) is 35.4. The predicted molar refractivity (Wildman–Crippen MR) is 139 cm³/mol. The Kier molecular flexibility index (Phi) is 5.88. The van der Waals surface area contributed by atoms with Gasteiger partial charge in [0.15, 0.2) is 5.65 Å². The summed E-state index contributed by atoms with van der Waals surface area (Å²) in [6.07, 6.45) is 4.49. The number of rotatable bonds is 3. The Hall–Kier alpha value is -3.96. The van der Waals surface area contributed by atoms with Crippen molar-refractivity contribution in [1.82, 2.24) is 24.4 Å². The van der Waals surface area contributed by atoms with Crippen molar-refractivity contribution < 1.29 is 23.1 Å². The van der Waals surface area contributed by atoms with Crippen LogP contribution in [0.1, 0.15) is 39.2 Å². The van der Waals surface area contributed by atoms with Gasteiger partial charge in [-0.25, -0.2) is 27.9 Å². The summed E-state index contributed by atoms with van der Waals surface area (Å²) in [5, 5.41) is 7.20. The van der Waals surface area contributed by atoms with Gasteiger partial charge in [0.25, 0.3) is 0 Å². The van der Waals surface area contributed by atoms with Crippen LogP contribution in [-0.4, -0.2) is 74.8 Å². The molecule has 3 aromatic rings. The molecule has 0 bridgehead atoms. The predicted octanol–water partition coefficient (Wildman–Crippen LogP) is 4.22. The van der Waals surface area contributed by atoms with Crippen LogP contribution >= 0.6 is 0 Å². The molecule has 1 aromatic carbocycles. The molecule has 39 heavy (non-hydrogen) atoms. The van der Waals surface area contributed by atoms with E-state index in [-0.39, 0.29) is 11.9 Å². The molecular weight excluding hydrogens is 508 g/mol. The Morgan fingerprint density at radius 3 is 2.54 bits per heavy atom. The third-order valence-corrected chi connectivity index (χ3v) is 7.74. The Bertz CT molecular complexity index is 1450. The summed E-state index contributed by atoms with van der Waals surface area (Å²) in [7, 11) is 0.